The third kappa shape index (κ3) is 9.73. The summed E-state index contributed by atoms with van der Waals surface area (Å²) < 4.78 is 31.1. The van der Waals surface area contributed by atoms with Crippen molar-refractivity contribution in [2.45, 2.75) is 59.3 Å². The van der Waals surface area contributed by atoms with Gasteiger partial charge in [0.15, 0.2) is 11.5 Å². The van der Waals surface area contributed by atoms with Crippen LogP contribution in [0.1, 0.15) is 40.5 Å². The smallest absolute Gasteiger partial charge is 0.312 e. The molecule has 0 aliphatic heterocycles. The summed E-state index contributed by atoms with van der Waals surface area (Å²) in [6.45, 7) is 10.9. The highest BCUT2D eigenvalue weighted by molar-refractivity contribution is 7.59. The Kier molecular flexibility index (Phi) is 10.8. The van der Waals surface area contributed by atoms with E-state index in [9.17, 15) is 14.2 Å². The number of nitrogens with one attached hydrogen (secondary N) is 2. The lowest BCUT2D eigenvalue weighted by molar-refractivity contribution is -0.147. The van der Waals surface area contributed by atoms with Crippen molar-refractivity contribution in [3.8, 4) is 0 Å². The highest BCUT2D eigenvalue weighted by atomic mass is 31.2. The molecule has 2 atom stereocenters. The average molecular weight is 512 g/mol. The maximum Gasteiger partial charge on any atom is 0.312 e. The molecule has 0 bridgehead atoms. The third-order valence-corrected chi connectivity index (χ3v) is 6.45. The molecule has 0 fully saturated rings. The SMILES string of the molecule is C=C(C)OC(=O)CCNP(=O)(CO[C@H](C)Cn1cnc2c(N)ncnc21)NCCC(=O)OC(C)C. The fourth-order valence-corrected chi connectivity index (χ4v) is 4.69. The number of fused-ring (bicyclic) bond motifs is 1. The largest absolute Gasteiger partial charge is 0.463 e. The van der Waals surface area contributed by atoms with E-state index in [4.69, 9.17) is 19.9 Å². The number of aromatic nitrogens is 4. The molecular formula is C21H34N7O6P. The Bertz CT molecular complexity index is 1070. The van der Waals surface area contributed by atoms with Gasteiger partial charge >= 0.3 is 11.9 Å². The molecule has 0 amide bonds. The zero-order valence-electron chi connectivity index (χ0n) is 20.5. The lowest BCUT2D eigenvalue weighted by atomic mass is 10.4. The fraction of sp³-hybridized carbons (Fsp3) is 0.571. The van der Waals surface area contributed by atoms with Gasteiger partial charge in [0, 0.05) is 13.1 Å². The Morgan fingerprint density at radius 1 is 1.14 bits per heavy atom. The van der Waals surface area contributed by atoms with Crippen molar-refractivity contribution in [3.63, 3.8) is 0 Å². The molecule has 0 saturated heterocycles. The Labute approximate surface area is 204 Å². The average Bonchev–Trinajstić information content (AvgIpc) is 3.15. The van der Waals surface area contributed by atoms with Crippen LogP contribution in [0.2, 0.25) is 0 Å². The van der Waals surface area contributed by atoms with Gasteiger partial charge < -0.3 is 24.5 Å². The van der Waals surface area contributed by atoms with Crippen LogP contribution in [0.3, 0.4) is 0 Å². The zero-order chi connectivity index (χ0) is 26.0. The molecule has 0 saturated carbocycles. The number of ether oxygens (including phenoxy) is 3. The molecule has 35 heavy (non-hydrogen) atoms. The number of nitrogens with zero attached hydrogens (tertiary/aromatic N) is 4. The van der Waals surface area contributed by atoms with Crippen molar-refractivity contribution >= 4 is 36.4 Å². The van der Waals surface area contributed by atoms with Crippen molar-refractivity contribution in [3.05, 3.63) is 25.0 Å². The Hall–Kier alpha value is -2.86. The molecule has 0 radical (unpaired) electrons. The zero-order valence-corrected chi connectivity index (χ0v) is 21.4. The number of nitrogens with two attached hydrogens (primary N) is 1. The molecular weight excluding hydrogens is 477 g/mol. The van der Waals surface area contributed by atoms with E-state index >= 15 is 0 Å². The second-order valence-corrected chi connectivity index (χ2v) is 10.6. The molecule has 0 aliphatic rings. The molecule has 194 valence electrons. The molecule has 0 aromatic carbocycles. The van der Waals surface area contributed by atoms with Crippen molar-refractivity contribution in [2.75, 3.05) is 25.2 Å². The monoisotopic (exact) mass is 511 g/mol. The van der Waals surface area contributed by atoms with E-state index in [2.05, 4.69) is 31.7 Å². The summed E-state index contributed by atoms with van der Waals surface area (Å²) in [5.74, 6) is -0.358. The van der Waals surface area contributed by atoms with Gasteiger partial charge in [-0.2, -0.15) is 0 Å². The third-order valence-electron chi connectivity index (χ3n) is 4.47. The molecule has 2 rings (SSSR count). The minimum atomic E-state index is -3.33. The van der Waals surface area contributed by atoms with Crippen LogP contribution < -0.4 is 15.9 Å². The number of imidazole rings is 1. The minimum Gasteiger partial charge on any atom is -0.463 e. The van der Waals surface area contributed by atoms with E-state index < -0.39 is 19.4 Å². The molecule has 2 aromatic rings. The maximum absolute atomic E-state index is 13.5. The molecule has 1 unspecified atom stereocenters. The van der Waals surface area contributed by atoms with Crippen LogP contribution in [-0.4, -0.2) is 63.1 Å². The van der Waals surface area contributed by atoms with Gasteiger partial charge in [-0.15, -0.1) is 0 Å². The number of rotatable bonds is 15. The number of carbonyl (C=O) groups is 2. The number of esters is 2. The van der Waals surface area contributed by atoms with Gasteiger partial charge in [-0.1, -0.05) is 6.58 Å². The van der Waals surface area contributed by atoms with Gasteiger partial charge in [-0.3, -0.25) is 24.3 Å². The number of anilines is 1. The predicted octanol–water partition coefficient (Wildman–Crippen LogP) is 1.95. The highest BCUT2D eigenvalue weighted by Crippen LogP contribution is 2.36. The van der Waals surface area contributed by atoms with Gasteiger partial charge in [-0.05, 0) is 27.7 Å². The summed E-state index contributed by atoms with van der Waals surface area (Å²) in [5.41, 5.74) is 6.87. The van der Waals surface area contributed by atoms with Gasteiger partial charge in [0.25, 0.3) is 0 Å². The first-order valence-electron chi connectivity index (χ1n) is 11.2. The van der Waals surface area contributed by atoms with E-state index in [0.717, 1.165) is 0 Å². The lowest BCUT2D eigenvalue weighted by Gasteiger charge is -2.23. The maximum atomic E-state index is 13.5. The molecule has 14 heteroatoms. The minimum absolute atomic E-state index is 0.0222. The van der Waals surface area contributed by atoms with Crippen LogP contribution in [0.5, 0.6) is 0 Å². The van der Waals surface area contributed by atoms with E-state index in [0.29, 0.717) is 17.7 Å². The summed E-state index contributed by atoms with van der Waals surface area (Å²) in [5, 5.41) is 5.71. The van der Waals surface area contributed by atoms with Crippen LogP contribution in [-0.2, 0) is 34.9 Å². The van der Waals surface area contributed by atoms with Gasteiger partial charge in [0.1, 0.15) is 18.2 Å². The molecule has 0 aliphatic carbocycles. The van der Waals surface area contributed by atoms with Crippen LogP contribution in [0.25, 0.3) is 11.2 Å². The summed E-state index contributed by atoms with van der Waals surface area (Å²) in [4.78, 5) is 35.9. The van der Waals surface area contributed by atoms with E-state index in [1.807, 2.05) is 6.92 Å². The second-order valence-electron chi connectivity index (χ2n) is 8.21. The number of hydrogen-bond acceptors (Lipinski definition) is 10. The van der Waals surface area contributed by atoms with E-state index in [-0.39, 0.29) is 56.1 Å². The molecule has 2 heterocycles. The van der Waals surface area contributed by atoms with Crippen LogP contribution in [0.15, 0.2) is 25.0 Å². The molecule has 2 aromatic heterocycles. The standard InChI is InChI=1S/C21H34N7O6P/c1-14(2)33-17(29)6-8-26-35(31,27-9-7-18(30)34-15(3)4)13-32-16(5)10-28-12-25-19-20(22)23-11-24-21(19)28/h11-12,15-16H,1,6-10,13H2,2-5H3,(H2,22,23,24)(H2,26,27,31)/t16-,35?/m1/s1. The number of carbonyl (C=O) groups excluding carboxylic acids is 2. The number of nitrogen functional groups attached to an aromatic ring is 1. The summed E-state index contributed by atoms with van der Waals surface area (Å²) in [6, 6.07) is 0. The summed E-state index contributed by atoms with van der Waals surface area (Å²) in [7, 11) is -3.33. The van der Waals surface area contributed by atoms with Gasteiger partial charge in [0.2, 0.25) is 7.44 Å². The van der Waals surface area contributed by atoms with Crippen LogP contribution in [0, 0.1) is 0 Å². The van der Waals surface area contributed by atoms with Gasteiger partial charge in [0.05, 0.1) is 43.7 Å². The molecule has 4 N–H and O–H groups in total. The normalized spacial score (nSPS) is 14.0. The quantitative estimate of drug-likeness (QED) is 0.180. The predicted molar refractivity (Wildman–Crippen MR) is 130 cm³/mol. The van der Waals surface area contributed by atoms with E-state index in [1.165, 1.54) is 6.33 Å². The summed E-state index contributed by atoms with van der Waals surface area (Å²) in [6.07, 6.45) is 2.14. The molecule has 13 nitrogen and oxygen atoms in total. The Morgan fingerprint density at radius 3 is 2.43 bits per heavy atom. The van der Waals surface area contributed by atoms with Crippen LogP contribution in [0.4, 0.5) is 5.82 Å². The van der Waals surface area contributed by atoms with E-state index in [1.54, 1.807) is 31.7 Å². The van der Waals surface area contributed by atoms with Crippen LogP contribution >= 0.6 is 7.44 Å². The Morgan fingerprint density at radius 2 is 1.80 bits per heavy atom. The van der Waals surface area contributed by atoms with Crippen molar-refractivity contribution in [2.24, 2.45) is 0 Å². The summed E-state index contributed by atoms with van der Waals surface area (Å²) >= 11 is 0. The second kappa shape index (κ2) is 13.3. The van der Waals surface area contributed by atoms with Crippen molar-refractivity contribution in [1.29, 1.82) is 0 Å². The topological polar surface area (TPSA) is 173 Å². The lowest BCUT2D eigenvalue weighted by Crippen LogP contribution is -2.31. The van der Waals surface area contributed by atoms with Crippen molar-refractivity contribution < 1.29 is 28.4 Å². The first-order valence-corrected chi connectivity index (χ1v) is 13.1. The number of allylic oxidation sites excluding steroid dienone is 1. The first-order chi connectivity index (χ1) is 16.5. The Balaban J connectivity index is 1.96. The van der Waals surface area contributed by atoms with Gasteiger partial charge in [-0.25, -0.2) is 15.0 Å². The molecule has 0 spiro atoms. The highest BCUT2D eigenvalue weighted by Gasteiger charge is 2.24. The number of hydrogen-bond donors (Lipinski definition) is 3. The first kappa shape index (κ1) is 28.4. The van der Waals surface area contributed by atoms with Crippen molar-refractivity contribution in [1.82, 2.24) is 29.7 Å². The fourth-order valence-electron chi connectivity index (χ4n) is 2.99.